The van der Waals surface area contributed by atoms with Crippen LogP contribution in [0.5, 0.6) is 0 Å². The predicted molar refractivity (Wildman–Crippen MR) is 76.6 cm³/mol. The lowest BCUT2D eigenvalue weighted by Gasteiger charge is -2.31. The summed E-state index contributed by atoms with van der Waals surface area (Å²) >= 11 is 0. The normalized spacial score (nSPS) is 14.9. The zero-order valence-electron chi connectivity index (χ0n) is 12.1. The van der Waals surface area contributed by atoms with Gasteiger partial charge in [0.05, 0.1) is 0 Å². The maximum Gasteiger partial charge on any atom is 0.323 e. The average Bonchev–Trinajstić information content (AvgIpc) is 2.70. The van der Waals surface area contributed by atoms with Gasteiger partial charge in [0.2, 0.25) is 0 Å². The first-order valence-electron chi connectivity index (χ1n) is 6.60. The summed E-state index contributed by atoms with van der Waals surface area (Å²) in [7, 11) is 3.96. The summed E-state index contributed by atoms with van der Waals surface area (Å²) in [6.07, 6.45) is 1.08. The van der Waals surface area contributed by atoms with E-state index in [1.54, 1.807) is 13.8 Å². The monoisotopic (exact) mass is 262 g/mol. The number of nitrogens with zero attached hydrogens (tertiary/aromatic N) is 2. The maximum atomic E-state index is 11.2. The average molecular weight is 262 g/mol. The molecule has 19 heavy (non-hydrogen) atoms. The van der Waals surface area contributed by atoms with Crippen LogP contribution in [-0.2, 0) is 17.8 Å². The van der Waals surface area contributed by atoms with Crippen LogP contribution >= 0.6 is 0 Å². The van der Waals surface area contributed by atoms with Gasteiger partial charge in [-0.1, -0.05) is 12.1 Å². The number of rotatable bonds is 4. The Bertz CT molecular complexity index is 497. The molecule has 0 spiro atoms. The molecule has 0 aliphatic carbocycles. The highest BCUT2D eigenvalue weighted by atomic mass is 16.4. The topological polar surface area (TPSA) is 43.8 Å². The van der Waals surface area contributed by atoms with E-state index in [0.717, 1.165) is 13.0 Å². The Morgan fingerprint density at radius 2 is 2.16 bits per heavy atom. The summed E-state index contributed by atoms with van der Waals surface area (Å²) in [5.41, 5.74) is 2.98. The third-order valence-corrected chi connectivity index (χ3v) is 4.17. The van der Waals surface area contributed by atoms with Gasteiger partial charge in [-0.25, -0.2) is 0 Å². The minimum absolute atomic E-state index is 0.649. The molecule has 4 nitrogen and oxygen atoms in total. The first-order chi connectivity index (χ1) is 8.82. The number of carbonyl (C=O) groups is 1. The van der Waals surface area contributed by atoms with Crippen molar-refractivity contribution in [3.8, 4) is 0 Å². The molecule has 0 saturated carbocycles. The van der Waals surface area contributed by atoms with Crippen molar-refractivity contribution in [2.24, 2.45) is 0 Å². The largest absolute Gasteiger partial charge is 0.480 e. The molecule has 1 aliphatic heterocycles. The van der Waals surface area contributed by atoms with Crippen molar-refractivity contribution in [2.45, 2.75) is 32.4 Å². The Kier molecular flexibility index (Phi) is 3.54. The van der Waals surface area contributed by atoms with Crippen LogP contribution in [0.15, 0.2) is 18.2 Å². The highest BCUT2D eigenvalue weighted by Crippen LogP contribution is 2.28. The fourth-order valence-electron chi connectivity index (χ4n) is 2.35. The lowest BCUT2D eigenvalue weighted by molar-refractivity contribution is -0.148. The van der Waals surface area contributed by atoms with Crippen molar-refractivity contribution >= 4 is 11.7 Å². The number of anilines is 1. The van der Waals surface area contributed by atoms with E-state index in [-0.39, 0.29) is 0 Å². The molecule has 104 valence electrons. The van der Waals surface area contributed by atoms with E-state index in [1.165, 1.54) is 16.8 Å². The number of aliphatic carboxylic acids is 1. The molecular weight excluding hydrogens is 240 g/mol. The van der Waals surface area contributed by atoms with Crippen molar-refractivity contribution < 1.29 is 9.90 Å². The number of likely N-dealkylation sites (N-methyl/N-ethyl adjacent to an activating group) is 2. The molecule has 0 fully saturated rings. The molecule has 1 heterocycles. The SMILES string of the molecule is CN1CCc2cc(CN(C)C(C)(C)C(=O)O)ccc21. The Balaban J connectivity index is 2.15. The molecule has 1 aromatic carbocycles. The number of carboxylic acid groups (broad SMARTS) is 1. The van der Waals surface area contributed by atoms with E-state index in [1.807, 2.05) is 11.9 Å². The quantitative estimate of drug-likeness (QED) is 0.901. The van der Waals surface area contributed by atoms with Gasteiger partial charge in [0.15, 0.2) is 0 Å². The van der Waals surface area contributed by atoms with Gasteiger partial charge >= 0.3 is 5.97 Å². The summed E-state index contributed by atoms with van der Waals surface area (Å²) in [4.78, 5) is 15.4. The van der Waals surface area contributed by atoms with E-state index < -0.39 is 11.5 Å². The third kappa shape index (κ3) is 2.59. The molecule has 0 unspecified atom stereocenters. The maximum absolute atomic E-state index is 11.2. The van der Waals surface area contributed by atoms with Crippen LogP contribution in [0.3, 0.4) is 0 Å². The molecule has 1 N–H and O–H groups in total. The first-order valence-corrected chi connectivity index (χ1v) is 6.60. The summed E-state index contributed by atoms with van der Waals surface area (Å²) in [5, 5.41) is 9.23. The van der Waals surface area contributed by atoms with Gasteiger partial charge in [-0.3, -0.25) is 9.69 Å². The molecule has 0 radical (unpaired) electrons. The Labute approximate surface area is 114 Å². The highest BCUT2D eigenvalue weighted by Gasteiger charge is 2.32. The van der Waals surface area contributed by atoms with E-state index in [0.29, 0.717) is 6.54 Å². The van der Waals surface area contributed by atoms with E-state index in [2.05, 4.69) is 30.1 Å². The van der Waals surface area contributed by atoms with Crippen molar-refractivity contribution in [1.82, 2.24) is 4.90 Å². The second-order valence-electron chi connectivity index (χ2n) is 5.85. The standard InChI is InChI=1S/C15H22N2O2/c1-15(2,14(18)19)17(4)10-11-5-6-13-12(9-11)7-8-16(13)3/h5-6,9H,7-8,10H2,1-4H3,(H,18,19). The lowest BCUT2D eigenvalue weighted by atomic mass is 10.0. The molecule has 0 atom stereocenters. The molecular formula is C15H22N2O2. The van der Waals surface area contributed by atoms with Crippen molar-refractivity contribution in [1.29, 1.82) is 0 Å². The fourth-order valence-corrected chi connectivity index (χ4v) is 2.35. The van der Waals surface area contributed by atoms with Crippen molar-refractivity contribution in [3.63, 3.8) is 0 Å². The minimum atomic E-state index is -0.851. The number of hydrogen-bond acceptors (Lipinski definition) is 3. The van der Waals surface area contributed by atoms with Gasteiger partial charge in [0.1, 0.15) is 5.54 Å². The van der Waals surface area contributed by atoms with Crippen LogP contribution in [-0.4, -0.2) is 42.2 Å². The van der Waals surface area contributed by atoms with E-state index >= 15 is 0 Å². The van der Waals surface area contributed by atoms with Gasteiger partial charge in [0.25, 0.3) is 0 Å². The van der Waals surface area contributed by atoms with Crippen LogP contribution in [0.2, 0.25) is 0 Å². The smallest absolute Gasteiger partial charge is 0.323 e. The predicted octanol–water partition coefficient (Wildman–Crippen LogP) is 1.97. The molecule has 2 rings (SSSR count). The highest BCUT2D eigenvalue weighted by molar-refractivity contribution is 5.77. The van der Waals surface area contributed by atoms with Gasteiger partial charge in [0, 0.05) is 25.8 Å². The Morgan fingerprint density at radius 1 is 1.47 bits per heavy atom. The van der Waals surface area contributed by atoms with Crippen molar-refractivity contribution in [3.05, 3.63) is 29.3 Å². The number of fused-ring (bicyclic) bond motifs is 1. The molecule has 0 saturated heterocycles. The van der Waals surface area contributed by atoms with Crippen LogP contribution in [0.4, 0.5) is 5.69 Å². The zero-order chi connectivity index (χ0) is 14.2. The summed E-state index contributed by atoms with van der Waals surface area (Å²) in [6, 6.07) is 6.43. The molecule has 0 aromatic heterocycles. The molecule has 4 heteroatoms. The van der Waals surface area contributed by atoms with Crippen molar-refractivity contribution in [2.75, 3.05) is 25.5 Å². The fraction of sp³-hybridized carbons (Fsp3) is 0.533. The molecule has 1 aliphatic rings. The van der Waals surface area contributed by atoms with Gasteiger partial charge < -0.3 is 10.0 Å². The second kappa shape index (κ2) is 4.85. The Hall–Kier alpha value is -1.55. The molecule has 1 aromatic rings. The molecule has 0 bridgehead atoms. The third-order valence-electron chi connectivity index (χ3n) is 4.17. The summed E-state index contributed by atoms with van der Waals surface area (Å²) in [6.45, 7) is 5.18. The molecule has 0 amide bonds. The van der Waals surface area contributed by atoms with Crippen LogP contribution < -0.4 is 4.90 Å². The second-order valence-corrected chi connectivity index (χ2v) is 5.85. The summed E-state index contributed by atoms with van der Waals surface area (Å²) in [5.74, 6) is -0.795. The van der Waals surface area contributed by atoms with Crippen LogP contribution in [0.1, 0.15) is 25.0 Å². The number of hydrogen-bond donors (Lipinski definition) is 1. The number of carboxylic acids is 1. The minimum Gasteiger partial charge on any atom is -0.480 e. The lowest BCUT2D eigenvalue weighted by Crippen LogP contribution is -2.47. The van der Waals surface area contributed by atoms with Crippen LogP contribution in [0.25, 0.3) is 0 Å². The number of benzene rings is 1. The van der Waals surface area contributed by atoms with Crippen LogP contribution in [0, 0.1) is 0 Å². The van der Waals surface area contributed by atoms with Gasteiger partial charge in [-0.15, -0.1) is 0 Å². The first kappa shape index (κ1) is 13.9. The van der Waals surface area contributed by atoms with Gasteiger partial charge in [-0.2, -0.15) is 0 Å². The Morgan fingerprint density at radius 3 is 2.79 bits per heavy atom. The van der Waals surface area contributed by atoms with E-state index in [9.17, 15) is 9.90 Å². The van der Waals surface area contributed by atoms with Gasteiger partial charge in [-0.05, 0) is 44.5 Å². The summed E-state index contributed by atoms with van der Waals surface area (Å²) < 4.78 is 0. The van der Waals surface area contributed by atoms with E-state index in [4.69, 9.17) is 0 Å². The zero-order valence-corrected chi connectivity index (χ0v) is 12.1.